The van der Waals surface area contributed by atoms with Gasteiger partial charge in [-0.25, -0.2) is 8.78 Å². The highest BCUT2D eigenvalue weighted by Gasteiger charge is 2.40. The minimum atomic E-state index is -4.14. The highest BCUT2D eigenvalue weighted by atomic mass is 32.2. The van der Waals surface area contributed by atoms with Crippen molar-refractivity contribution in [1.82, 2.24) is 10.6 Å². The number of rotatable bonds is 16. The molecule has 0 fully saturated rings. The number of nitrogens with one attached hydrogen (secondary N) is 2. The summed E-state index contributed by atoms with van der Waals surface area (Å²) in [5, 5.41) is 6.01. The summed E-state index contributed by atoms with van der Waals surface area (Å²) in [5.41, 5.74) is 1.67. The van der Waals surface area contributed by atoms with E-state index in [-0.39, 0.29) is 42.4 Å². The van der Waals surface area contributed by atoms with Gasteiger partial charge in [-0.1, -0.05) is 118 Å². The van der Waals surface area contributed by atoms with E-state index in [0.717, 1.165) is 35.1 Å². The van der Waals surface area contributed by atoms with Gasteiger partial charge in [0.25, 0.3) is 16.0 Å². The molecule has 0 spiro atoms. The lowest BCUT2D eigenvalue weighted by Crippen LogP contribution is -2.50. The van der Waals surface area contributed by atoms with Crippen molar-refractivity contribution in [3.05, 3.63) is 143 Å². The van der Waals surface area contributed by atoms with Crippen LogP contribution < -0.4 is 10.6 Å². The zero-order chi connectivity index (χ0) is 38.2. The van der Waals surface area contributed by atoms with Gasteiger partial charge >= 0.3 is 0 Å². The number of carbonyl (C=O) groups is 2. The predicted molar refractivity (Wildman–Crippen MR) is 201 cm³/mol. The highest BCUT2D eigenvalue weighted by molar-refractivity contribution is 7.86. The summed E-state index contributed by atoms with van der Waals surface area (Å²) >= 11 is 0. The van der Waals surface area contributed by atoms with E-state index in [0.29, 0.717) is 0 Å². The third-order valence-corrected chi connectivity index (χ3v) is 14.5. The van der Waals surface area contributed by atoms with Crippen LogP contribution in [0, 0.1) is 11.6 Å². The van der Waals surface area contributed by atoms with E-state index in [9.17, 15) is 26.8 Å². The summed E-state index contributed by atoms with van der Waals surface area (Å²) in [6, 6.07) is 31.3. The molecular formula is C40H48F2N2O6SSi. The number of halogens is 2. The van der Waals surface area contributed by atoms with Gasteiger partial charge < -0.3 is 15.1 Å². The van der Waals surface area contributed by atoms with E-state index in [1.54, 1.807) is 0 Å². The van der Waals surface area contributed by atoms with Crippen molar-refractivity contribution in [1.29, 1.82) is 0 Å². The molecule has 0 aliphatic carbocycles. The Balaban J connectivity index is 1.64. The number of amides is 2. The second-order valence-electron chi connectivity index (χ2n) is 14.5. The van der Waals surface area contributed by atoms with Gasteiger partial charge in [0.2, 0.25) is 5.91 Å². The molecule has 4 aromatic carbocycles. The van der Waals surface area contributed by atoms with Crippen LogP contribution in [0.5, 0.6) is 0 Å². The highest BCUT2D eigenvalue weighted by Crippen LogP contribution is 2.38. The first kappa shape index (κ1) is 40.5. The lowest BCUT2D eigenvalue weighted by molar-refractivity contribution is -0.129. The number of hydrogen-bond donors (Lipinski definition) is 2. The maximum Gasteiger partial charge on any atom is 0.265 e. The van der Waals surface area contributed by atoms with Crippen LogP contribution >= 0.6 is 0 Å². The average molecular weight is 751 g/mol. The standard InChI is InChI=1S/C40H48F2N2O6SSi/c1-39(2,3)52(5,6)49-28-33(43-38(46)36(50-51(4,47)48)27-29-22-24-34(41)35(42)26-29)23-25-37(45)44-40(30-16-10-7-11-17-30,31-18-12-8-13-19-31)32-20-14-9-15-21-32/h7-22,24,26,33,36H,23,25,27-28H2,1-6H3,(H,43,46)(H,44,45)/t33-,36+/m0/s1. The van der Waals surface area contributed by atoms with Gasteiger partial charge in [-0.2, -0.15) is 8.42 Å². The molecule has 0 aliphatic heterocycles. The molecule has 0 heterocycles. The lowest BCUT2D eigenvalue weighted by Gasteiger charge is -2.38. The Bertz CT molecular complexity index is 1810. The average Bonchev–Trinajstić information content (AvgIpc) is 3.09. The van der Waals surface area contributed by atoms with E-state index in [1.165, 1.54) is 6.07 Å². The normalized spacial score (nSPS) is 13.6. The van der Waals surface area contributed by atoms with E-state index in [2.05, 4.69) is 44.5 Å². The number of hydrogen-bond acceptors (Lipinski definition) is 6. The summed E-state index contributed by atoms with van der Waals surface area (Å²) in [6.45, 7) is 10.4. The molecular weight excluding hydrogens is 703 g/mol. The van der Waals surface area contributed by atoms with Crippen LogP contribution in [0.4, 0.5) is 8.78 Å². The first-order valence-electron chi connectivity index (χ1n) is 17.2. The third kappa shape index (κ3) is 10.7. The quantitative estimate of drug-likeness (QED) is 0.0710. The monoisotopic (exact) mass is 750 g/mol. The van der Waals surface area contributed by atoms with Gasteiger partial charge in [0.15, 0.2) is 26.1 Å². The minimum Gasteiger partial charge on any atom is -0.415 e. The van der Waals surface area contributed by atoms with Crippen LogP contribution in [-0.2, 0) is 40.3 Å². The van der Waals surface area contributed by atoms with Crippen molar-refractivity contribution in [2.24, 2.45) is 0 Å². The number of benzene rings is 4. The molecule has 52 heavy (non-hydrogen) atoms. The zero-order valence-electron chi connectivity index (χ0n) is 30.5. The summed E-state index contributed by atoms with van der Waals surface area (Å²) < 4.78 is 63.7. The fourth-order valence-electron chi connectivity index (χ4n) is 5.64. The van der Waals surface area contributed by atoms with E-state index < -0.39 is 53.7 Å². The summed E-state index contributed by atoms with van der Waals surface area (Å²) in [7, 11) is -6.48. The minimum absolute atomic E-state index is 0.0270. The van der Waals surface area contributed by atoms with Crippen LogP contribution in [-0.4, -0.2) is 53.6 Å². The first-order chi connectivity index (χ1) is 24.4. The molecule has 0 aliphatic rings. The van der Waals surface area contributed by atoms with Crippen molar-refractivity contribution in [2.45, 2.75) is 75.9 Å². The van der Waals surface area contributed by atoms with Gasteiger partial charge in [0, 0.05) is 12.8 Å². The Labute approximate surface area is 307 Å². The third-order valence-electron chi connectivity index (χ3n) is 9.45. The Hall–Kier alpha value is -4.23. The molecule has 2 atom stereocenters. The fraction of sp³-hybridized carbons (Fsp3) is 0.350. The maximum absolute atomic E-state index is 14.1. The van der Waals surface area contributed by atoms with E-state index in [1.807, 2.05) is 91.0 Å². The molecule has 4 aromatic rings. The van der Waals surface area contributed by atoms with Crippen LogP contribution in [0.15, 0.2) is 109 Å². The maximum atomic E-state index is 14.1. The molecule has 0 bridgehead atoms. The molecule has 0 radical (unpaired) electrons. The largest absolute Gasteiger partial charge is 0.415 e. The zero-order valence-corrected chi connectivity index (χ0v) is 32.3. The van der Waals surface area contributed by atoms with Gasteiger partial charge in [-0.3, -0.25) is 13.8 Å². The molecule has 0 saturated heterocycles. The summed E-state index contributed by atoms with van der Waals surface area (Å²) in [4.78, 5) is 27.8. The second kappa shape index (κ2) is 17.1. The van der Waals surface area contributed by atoms with Crippen molar-refractivity contribution < 1.29 is 35.4 Å². The van der Waals surface area contributed by atoms with Crippen molar-refractivity contribution >= 4 is 30.2 Å². The van der Waals surface area contributed by atoms with Gasteiger partial charge in [0.1, 0.15) is 5.54 Å². The molecule has 2 amide bonds. The van der Waals surface area contributed by atoms with Crippen LogP contribution in [0.1, 0.15) is 55.9 Å². The summed E-state index contributed by atoms with van der Waals surface area (Å²) in [6.07, 6.45) is -1.02. The Morgan fingerprint density at radius 2 is 1.29 bits per heavy atom. The SMILES string of the molecule is CC(C)(C)[Si](C)(C)OC[C@H](CCC(=O)NC(c1ccccc1)(c1ccccc1)c1ccccc1)NC(=O)[C@@H](Cc1ccc(F)c(F)c1)OS(C)(=O)=O. The molecule has 0 aromatic heterocycles. The Morgan fingerprint density at radius 3 is 1.73 bits per heavy atom. The molecule has 0 saturated carbocycles. The van der Waals surface area contributed by atoms with Crippen LogP contribution in [0.2, 0.25) is 18.1 Å². The molecule has 0 unspecified atom stereocenters. The first-order valence-corrected chi connectivity index (χ1v) is 21.9. The molecule has 4 rings (SSSR count). The van der Waals surface area contributed by atoms with Crippen molar-refractivity contribution in [3.8, 4) is 0 Å². The van der Waals surface area contributed by atoms with Crippen LogP contribution in [0.25, 0.3) is 0 Å². The van der Waals surface area contributed by atoms with E-state index >= 15 is 0 Å². The van der Waals surface area contributed by atoms with Crippen LogP contribution in [0.3, 0.4) is 0 Å². The Morgan fingerprint density at radius 1 is 0.788 bits per heavy atom. The molecule has 12 heteroatoms. The molecule has 8 nitrogen and oxygen atoms in total. The molecule has 278 valence electrons. The topological polar surface area (TPSA) is 111 Å². The van der Waals surface area contributed by atoms with Gasteiger partial charge in [-0.15, -0.1) is 0 Å². The Kier molecular flexibility index (Phi) is 13.3. The fourth-order valence-corrected chi connectivity index (χ4v) is 7.27. The smallest absolute Gasteiger partial charge is 0.265 e. The van der Waals surface area contributed by atoms with Gasteiger partial charge in [-0.05, 0) is 58.9 Å². The molecule has 2 N–H and O–H groups in total. The number of carbonyl (C=O) groups excluding carboxylic acids is 2. The lowest BCUT2D eigenvalue weighted by atomic mass is 9.77. The van der Waals surface area contributed by atoms with E-state index in [4.69, 9.17) is 8.61 Å². The van der Waals surface area contributed by atoms with Crippen molar-refractivity contribution in [3.63, 3.8) is 0 Å². The second-order valence-corrected chi connectivity index (χ2v) is 20.9. The van der Waals surface area contributed by atoms with Gasteiger partial charge in [0.05, 0.1) is 18.9 Å². The predicted octanol–water partition coefficient (Wildman–Crippen LogP) is 7.25. The summed E-state index contributed by atoms with van der Waals surface area (Å²) in [5.74, 6) is -3.31. The van der Waals surface area contributed by atoms with Crippen molar-refractivity contribution in [2.75, 3.05) is 12.9 Å².